The Morgan fingerprint density at radius 3 is 2.29 bits per heavy atom. The second-order valence-corrected chi connectivity index (χ2v) is 11.7. The predicted octanol–water partition coefficient (Wildman–Crippen LogP) is 3.45. The minimum Gasteiger partial charge on any atom is -0.378 e. The molecule has 1 saturated heterocycles. The molecule has 6 nitrogen and oxygen atoms in total. The molecule has 0 aromatic rings. The van der Waals surface area contributed by atoms with Crippen LogP contribution in [0.2, 0.25) is 0 Å². The molecule has 166 valence electrons. The minimum absolute atomic E-state index is 0. The summed E-state index contributed by atoms with van der Waals surface area (Å²) in [5.41, 5.74) is 0. The normalized spacial score (nSPS) is 20.3. The monoisotopic (exact) mass is 529 g/mol. The van der Waals surface area contributed by atoms with Gasteiger partial charge in [-0.2, -0.15) is 0 Å². The fourth-order valence-electron chi connectivity index (χ4n) is 3.69. The van der Waals surface area contributed by atoms with E-state index in [2.05, 4.69) is 15.2 Å². The summed E-state index contributed by atoms with van der Waals surface area (Å²) in [6, 6.07) is 0. The van der Waals surface area contributed by atoms with Gasteiger partial charge in [-0.3, -0.25) is 4.99 Å². The molecule has 0 bridgehead atoms. The Morgan fingerprint density at radius 2 is 1.75 bits per heavy atom. The van der Waals surface area contributed by atoms with E-state index in [4.69, 9.17) is 4.74 Å². The number of piperidine rings is 1. The van der Waals surface area contributed by atoms with Crippen LogP contribution < -0.4 is 5.32 Å². The third kappa shape index (κ3) is 7.97. The summed E-state index contributed by atoms with van der Waals surface area (Å²) >= 11 is 0. The van der Waals surface area contributed by atoms with Gasteiger partial charge in [0.25, 0.3) is 0 Å². The highest BCUT2D eigenvalue weighted by atomic mass is 127. The minimum atomic E-state index is -3.14. The van der Waals surface area contributed by atoms with Crippen molar-refractivity contribution in [1.29, 1.82) is 0 Å². The zero-order valence-electron chi connectivity index (χ0n) is 18.1. The number of likely N-dealkylation sites (tertiary alicyclic amines) is 1. The number of sulfone groups is 1. The molecule has 28 heavy (non-hydrogen) atoms. The van der Waals surface area contributed by atoms with Crippen molar-refractivity contribution in [2.75, 3.05) is 38.5 Å². The van der Waals surface area contributed by atoms with Gasteiger partial charge in [-0.25, -0.2) is 8.42 Å². The van der Waals surface area contributed by atoms with Crippen LogP contribution in [0.25, 0.3) is 0 Å². The quantitative estimate of drug-likeness (QED) is 0.311. The van der Waals surface area contributed by atoms with Gasteiger partial charge < -0.3 is 15.0 Å². The first-order valence-corrected chi connectivity index (χ1v) is 12.3. The fraction of sp³-hybridized carbons (Fsp3) is 0.950. The van der Waals surface area contributed by atoms with Crippen LogP contribution in [-0.4, -0.2) is 68.7 Å². The van der Waals surface area contributed by atoms with Crippen molar-refractivity contribution < 1.29 is 13.2 Å². The van der Waals surface area contributed by atoms with E-state index in [-0.39, 0.29) is 29.7 Å². The van der Waals surface area contributed by atoms with Crippen molar-refractivity contribution in [1.82, 2.24) is 10.2 Å². The maximum Gasteiger partial charge on any atom is 0.193 e. The highest BCUT2D eigenvalue weighted by Crippen LogP contribution is 2.26. The SMILES string of the molecule is CCNC(=NCCS(=O)(=O)C(C)(C)C)N1CCC(OCC2CCCC2)CC1.I. The lowest BCUT2D eigenvalue weighted by molar-refractivity contribution is 0.00102. The topological polar surface area (TPSA) is 71.0 Å². The van der Waals surface area contributed by atoms with E-state index in [0.29, 0.717) is 12.6 Å². The van der Waals surface area contributed by atoms with Crippen LogP contribution in [0, 0.1) is 5.92 Å². The number of nitrogens with zero attached hydrogens (tertiary/aromatic N) is 2. The lowest BCUT2D eigenvalue weighted by atomic mass is 10.1. The molecule has 2 fully saturated rings. The van der Waals surface area contributed by atoms with E-state index in [1.165, 1.54) is 25.7 Å². The molecule has 0 aromatic carbocycles. The molecular formula is C20H40IN3O3S. The van der Waals surface area contributed by atoms with Gasteiger partial charge in [-0.1, -0.05) is 12.8 Å². The summed E-state index contributed by atoms with van der Waals surface area (Å²) in [5, 5.41) is 3.31. The first-order valence-electron chi connectivity index (χ1n) is 10.6. The summed E-state index contributed by atoms with van der Waals surface area (Å²) in [6.45, 7) is 11.1. The molecule has 1 saturated carbocycles. The summed E-state index contributed by atoms with van der Waals surface area (Å²) in [6.07, 6.45) is 7.75. The summed E-state index contributed by atoms with van der Waals surface area (Å²) in [4.78, 5) is 6.82. The summed E-state index contributed by atoms with van der Waals surface area (Å²) in [7, 11) is -3.14. The van der Waals surface area contributed by atoms with Crippen LogP contribution >= 0.6 is 24.0 Å². The van der Waals surface area contributed by atoms with Crippen LogP contribution in [0.1, 0.15) is 66.2 Å². The average Bonchev–Trinajstić information content (AvgIpc) is 3.12. The van der Waals surface area contributed by atoms with Crippen LogP contribution in [0.15, 0.2) is 4.99 Å². The van der Waals surface area contributed by atoms with Gasteiger partial charge in [0.15, 0.2) is 15.8 Å². The molecule has 1 aliphatic carbocycles. The van der Waals surface area contributed by atoms with Crippen LogP contribution in [-0.2, 0) is 14.6 Å². The molecule has 0 unspecified atom stereocenters. The van der Waals surface area contributed by atoms with Crippen LogP contribution in [0.4, 0.5) is 0 Å². The molecule has 2 aliphatic rings. The van der Waals surface area contributed by atoms with Crippen molar-refractivity contribution >= 4 is 39.8 Å². The Bertz CT molecular complexity index is 576. The molecule has 0 amide bonds. The lowest BCUT2D eigenvalue weighted by Gasteiger charge is -2.34. The third-order valence-corrected chi connectivity index (χ3v) is 8.26. The standard InChI is InChI=1S/C20H39N3O3S.HI/c1-5-21-19(22-12-15-27(24,25)20(2,3)4)23-13-10-18(11-14-23)26-16-17-8-6-7-9-17;/h17-18H,5-16H2,1-4H3,(H,21,22);1H. The number of rotatable bonds is 7. The Morgan fingerprint density at radius 1 is 1.14 bits per heavy atom. The second kappa shape index (κ2) is 11.9. The molecule has 1 N–H and O–H groups in total. The molecule has 1 aliphatic heterocycles. The zero-order valence-corrected chi connectivity index (χ0v) is 21.2. The first-order chi connectivity index (χ1) is 12.7. The van der Waals surface area contributed by atoms with E-state index in [9.17, 15) is 8.42 Å². The van der Waals surface area contributed by atoms with Crippen molar-refractivity contribution in [2.24, 2.45) is 10.9 Å². The van der Waals surface area contributed by atoms with Gasteiger partial charge in [0, 0.05) is 26.2 Å². The first kappa shape index (κ1) is 25.9. The van der Waals surface area contributed by atoms with E-state index in [1.54, 1.807) is 20.8 Å². The molecule has 8 heteroatoms. The number of aliphatic imine (C=N–C) groups is 1. The largest absolute Gasteiger partial charge is 0.378 e. The van der Waals surface area contributed by atoms with Crippen molar-refractivity contribution in [2.45, 2.75) is 77.1 Å². The molecule has 0 aromatic heterocycles. The summed E-state index contributed by atoms with van der Waals surface area (Å²) < 4.78 is 30.0. The van der Waals surface area contributed by atoms with Gasteiger partial charge in [0.1, 0.15) is 0 Å². The molecule has 2 rings (SSSR count). The van der Waals surface area contributed by atoms with E-state index >= 15 is 0 Å². The number of nitrogens with one attached hydrogen (secondary N) is 1. The Labute approximate surface area is 189 Å². The zero-order chi connectivity index (χ0) is 19.9. The number of guanidine groups is 1. The number of hydrogen-bond acceptors (Lipinski definition) is 4. The molecule has 1 heterocycles. The Kier molecular flexibility index (Phi) is 11.1. The smallest absolute Gasteiger partial charge is 0.193 e. The lowest BCUT2D eigenvalue weighted by Crippen LogP contribution is -2.47. The number of halogens is 1. The van der Waals surface area contributed by atoms with Gasteiger partial charge >= 0.3 is 0 Å². The molecular weight excluding hydrogens is 489 g/mol. The molecule has 0 spiro atoms. The highest BCUT2D eigenvalue weighted by Gasteiger charge is 2.28. The fourth-order valence-corrected chi connectivity index (χ4v) is 4.63. The average molecular weight is 530 g/mol. The Balaban J connectivity index is 0.00000392. The van der Waals surface area contributed by atoms with E-state index < -0.39 is 14.6 Å². The number of hydrogen-bond donors (Lipinski definition) is 1. The second-order valence-electron chi connectivity index (χ2n) is 8.84. The number of ether oxygens (including phenoxy) is 1. The van der Waals surface area contributed by atoms with E-state index in [0.717, 1.165) is 51.0 Å². The highest BCUT2D eigenvalue weighted by molar-refractivity contribution is 14.0. The van der Waals surface area contributed by atoms with Crippen LogP contribution in [0.3, 0.4) is 0 Å². The third-order valence-electron chi connectivity index (χ3n) is 5.67. The maximum absolute atomic E-state index is 12.3. The Hall–Kier alpha value is -0.0900. The molecule has 0 atom stereocenters. The van der Waals surface area contributed by atoms with Crippen molar-refractivity contribution in [3.8, 4) is 0 Å². The predicted molar refractivity (Wildman–Crippen MR) is 127 cm³/mol. The van der Waals surface area contributed by atoms with Gasteiger partial charge in [-0.05, 0) is 59.3 Å². The van der Waals surface area contributed by atoms with Gasteiger partial charge in [-0.15, -0.1) is 24.0 Å². The van der Waals surface area contributed by atoms with Gasteiger partial charge in [0.2, 0.25) is 0 Å². The van der Waals surface area contributed by atoms with Crippen molar-refractivity contribution in [3.63, 3.8) is 0 Å². The van der Waals surface area contributed by atoms with Crippen LogP contribution in [0.5, 0.6) is 0 Å². The van der Waals surface area contributed by atoms with Crippen molar-refractivity contribution in [3.05, 3.63) is 0 Å². The maximum atomic E-state index is 12.3. The summed E-state index contributed by atoms with van der Waals surface area (Å²) in [5.74, 6) is 1.69. The molecule has 0 radical (unpaired) electrons. The van der Waals surface area contributed by atoms with E-state index in [1.807, 2.05) is 6.92 Å². The van der Waals surface area contributed by atoms with Gasteiger partial charge in [0.05, 0.1) is 23.1 Å².